The lowest BCUT2D eigenvalue weighted by Crippen LogP contribution is -2.10. The Morgan fingerprint density at radius 3 is 2.75 bits per heavy atom. The van der Waals surface area contributed by atoms with E-state index < -0.39 is 5.97 Å². The summed E-state index contributed by atoms with van der Waals surface area (Å²) in [5.74, 6) is 0.497. The monoisotopic (exact) mass is 347 g/mol. The maximum absolute atomic E-state index is 11.8. The molecule has 0 bridgehead atoms. The lowest BCUT2D eigenvalue weighted by atomic mass is 10.1. The number of ether oxygens (including phenoxy) is 2. The molecule has 2 rings (SSSR count). The fraction of sp³-hybridized carbons (Fsp3) is 0.316. The lowest BCUT2D eigenvalue weighted by Gasteiger charge is -2.11. The van der Waals surface area contributed by atoms with Gasteiger partial charge in [-0.05, 0) is 55.7 Å². The van der Waals surface area contributed by atoms with Gasteiger partial charge in [0, 0.05) is 17.3 Å². The molecule has 5 heteroatoms. The van der Waals surface area contributed by atoms with Gasteiger partial charge in [0.25, 0.3) is 0 Å². The Morgan fingerprint density at radius 2 is 2.00 bits per heavy atom. The molecule has 2 aromatic carbocycles. The second-order valence-corrected chi connectivity index (χ2v) is 5.92. The maximum Gasteiger partial charge on any atom is 0.340 e. The van der Waals surface area contributed by atoms with Crippen LogP contribution < -0.4 is 10.1 Å². The highest BCUT2D eigenvalue weighted by atomic mass is 35.5. The van der Waals surface area contributed by atoms with E-state index in [1.165, 1.54) is 12.7 Å². The minimum absolute atomic E-state index is 0.400. The highest BCUT2D eigenvalue weighted by Gasteiger charge is 2.12. The van der Waals surface area contributed by atoms with Gasteiger partial charge in [-0.2, -0.15) is 0 Å². The molecule has 0 heterocycles. The summed E-state index contributed by atoms with van der Waals surface area (Å²) in [6.45, 7) is 3.44. The van der Waals surface area contributed by atoms with E-state index in [4.69, 9.17) is 21.1 Å². The molecular formula is C19H22ClNO3. The number of carbonyl (C=O) groups excluding carboxylic acids is 1. The summed E-state index contributed by atoms with van der Waals surface area (Å²) in [7, 11) is 1.36. The third-order valence-electron chi connectivity index (χ3n) is 3.53. The van der Waals surface area contributed by atoms with Gasteiger partial charge in [-0.25, -0.2) is 4.79 Å². The number of nitrogens with one attached hydrogen (secondary N) is 1. The zero-order valence-electron chi connectivity index (χ0n) is 14.0. The van der Waals surface area contributed by atoms with E-state index in [0.29, 0.717) is 17.2 Å². The first-order valence-corrected chi connectivity index (χ1v) is 8.29. The molecular weight excluding hydrogens is 326 g/mol. The number of benzene rings is 2. The highest BCUT2D eigenvalue weighted by molar-refractivity contribution is 6.31. The molecule has 0 saturated carbocycles. The van der Waals surface area contributed by atoms with E-state index in [0.717, 1.165) is 30.8 Å². The van der Waals surface area contributed by atoms with Crippen LogP contribution in [0.15, 0.2) is 42.5 Å². The smallest absolute Gasteiger partial charge is 0.340 e. The highest BCUT2D eigenvalue weighted by Crippen LogP contribution is 2.21. The van der Waals surface area contributed by atoms with Crippen molar-refractivity contribution in [3.05, 3.63) is 58.6 Å². The Morgan fingerprint density at radius 1 is 1.17 bits per heavy atom. The number of carbonyl (C=O) groups is 1. The average Bonchev–Trinajstić information content (AvgIpc) is 2.58. The molecule has 24 heavy (non-hydrogen) atoms. The van der Waals surface area contributed by atoms with Crippen LogP contribution in [0.3, 0.4) is 0 Å². The Bertz CT molecular complexity index is 688. The molecule has 2 aromatic rings. The summed E-state index contributed by atoms with van der Waals surface area (Å²) >= 11 is 5.94. The minimum Gasteiger partial charge on any atom is -0.494 e. The van der Waals surface area contributed by atoms with Crippen LogP contribution in [0, 0.1) is 6.92 Å². The number of halogens is 1. The van der Waals surface area contributed by atoms with Crippen molar-refractivity contribution in [2.45, 2.75) is 19.8 Å². The van der Waals surface area contributed by atoms with Crippen LogP contribution in [0.2, 0.25) is 5.02 Å². The van der Waals surface area contributed by atoms with Gasteiger partial charge in [0.1, 0.15) is 5.75 Å². The van der Waals surface area contributed by atoms with Crippen molar-refractivity contribution in [1.82, 2.24) is 0 Å². The van der Waals surface area contributed by atoms with Gasteiger partial charge in [0.15, 0.2) is 0 Å². The second-order valence-electron chi connectivity index (χ2n) is 5.48. The number of esters is 1. The fourth-order valence-corrected chi connectivity index (χ4v) is 2.47. The Labute approximate surface area is 147 Å². The van der Waals surface area contributed by atoms with Crippen molar-refractivity contribution in [3.63, 3.8) is 0 Å². The predicted molar refractivity (Wildman–Crippen MR) is 97.2 cm³/mol. The van der Waals surface area contributed by atoms with Gasteiger partial charge in [-0.15, -0.1) is 0 Å². The van der Waals surface area contributed by atoms with Gasteiger partial charge in [-0.1, -0.05) is 23.7 Å². The fourth-order valence-electron chi connectivity index (χ4n) is 2.29. The van der Waals surface area contributed by atoms with Gasteiger partial charge >= 0.3 is 5.97 Å². The number of methoxy groups -OCH3 is 1. The molecule has 0 unspecified atom stereocenters. The van der Waals surface area contributed by atoms with Crippen molar-refractivity contribution < 1.29 is 14.3 Å². The molecule has 1 N–H and O–H groups in total. The molecule has 0 aliphatic rings. The molecule has 0 atom stereocenters. The third kappa shape index (κ3) is 5.46. The minimum atomic E-state index is -0.400. The van der Waals surface area contributed by atoms with Crippen molar-refractivity contribution in [2.75, 3.05) is 25.6 Å². The summed E-state index contributed by atoms with van der Waals surface area (Å²) in [5.41, 5.74) is 2.36. The van der Waals surface area contributed by atoms with Gasteiger partial charge < -0.3 is 14.8 Å². The number of aryl methyl sites for hydroxylation is 1. The summed E-state index contributed by atoms with van der Waals surface area (Å²) in [6, 6.07) is 13.2. The first-order chi connectivity index (χ1) is 11.6. The summed E-state index contributed by atoms with van der Waals surface area (Å²) < 4.78 is 10.5. The molecule has 0 amide bonds. The van der Waals surface area contributed by atoms with E-state index >= 15 is 0 Å². The van der Waals surface area contributed by atoms with Crippen LogP contribution in [0.4, 0.5) is 5.69 Å². The van der Waals surface area contributed by atoms with Crippen LogP contribution >= 0.6 is 11.6 Å². The largest absolute Gasteiger partial charge is 0.494 e. The van der Waals surface area contributed by atoms with E-state index in [1.807, 2.05) is 31.2 Å². The van der Waals surface area contributed by atoms with Gasteiger partial charge in [-0.3, -0.25) is 0 Å². The summed E-state index contributed by atoms with van der Waals surface area (Å²) in [6.07, 6.45) is 1.84. The zero-order valence-corrected chi connectivity index (χ0v) is 14.7. The maximum atomic E-state index is 11.8. The van der Waals surface area contributed by atoms with Crippen molar-refractivity contribution in [2.24, 2.45) is 0 Å². The topological polar surface area (TPSA) is 47.6 Å². The number of rotatable bonds is 8. The van der Waals surface area contributed by atoms with Gasteiger partial charge in [0.05, 0.1) is 19.3 Å². The summed E-state index contributed by atoms with van der Waals surface area (Å²) in [5, 5.41) is 3.76. The quantitative estimate of drug-likeness (QED) is 0.555. The molecule has 0 aliphatic carbocycles. The molecule has 128 valence electrons. The van der Waals surface area contributed by atoms with Crippen LogP contribution in [0.5, 0.6) is 5.75 Å². The standard InChI is InChI=1S/C19H22ClNO3/c1-14-6-5-7-16(12-14)24-11-4-3-10-21-18-9-8-15(20)13-17(18)19(22)23-2/h5-9,12-13,21H,3-4,10-11H2,1-2H3. The molecule has 0 fully saturated rings. The van der Waals surface area contributed by atoms with Crippen molar-refractivity contribution >= 4 is 23.3 Å². The lowest BCUT2D eigenvalue weighted by molar-refractivity contribution is 0.0602. The number of hydrogen-bond acceptors (Lipinski definition) is 4. The van der Waals surface area contributed by atoms with E-state index in [9.17, 15) is 4.79 Å². The average molecular weight is 348 g/mol. The first kappa shape index (κ1) is 18.1. The second kappa shape index (κ2) is 9.18. The van der Waals surface area contributed by atoms with Crippen LogP contribution in [-0.2, 0) is 4.74 Å². The van der Waals surface area contributed by atoms with Crippen molar-refractivity contribution in [1.29, 1.82) is 0 Å². The van der Waals surface area contributed by atoms with E-state index in [-0.39, 0.29) is 0 Å². The van der Waals surface area contributed by atoms with Crippen LogP contribution in [0.25, 0.3) is 0 Å². The molecule has 4 nitrogen and oxygen atoms in total. The van der Waals surface area contributed by atoms with Crippen molar-refractivity contribution in [3.8, 4) is 5.75 Å². The van der Waals surface area contributed by atoms with E-state index in [1.54, 1.807) is 18.2 Å². The zero-order chi connectivity index (χ0) is 17.4. The Kier molecular flexibility index (Phi) is 6.94. The van der Waals surface area contributed by atoms with Gasteiger partial charge in [0.2, 0.25) is 0 Å². The molecule has 0 aliphatic heterocycles. The van der Waals surface area contributed by atoms with E-state index in [2.05, 4.69) is 5.32 Å². The predicted octanol–water partition coefficient (Wildman–Crippen LogP) is 4.71. The Hall–Kier alpha value is -2.20. The molecule has 0 aromatic heterocycles. The Balaban J connectivity index is 1.75. The normalized spacial score (nSPS) is 10.3. The molecule has 0 saturated heterocycles. The first-order valence-electron chi connectivity index (χ1n) is 7.91. The number of anilines is 1. The third-order valence-corrected chi connectivity index (χ3v) is 3.77. The number of hydrogen-bond donors (Lipinski definition) is 1. The SMILES string of the molecule is COC(=O)c1cc(Cl)ccc1NCCCCOc1cccc(C)c1. The molecule has 0 radical (unpaired) electrons. The number of unbranched alkanes of at least 4 members (excludes halogenated alkanes) is 1. The molecule has 0 spiro atoms. The summed E-state index contributed by atoms with van der Waals surface area (Å²) in [4.78, 5) is 11.8. The van der Waals surface area contributed by atoms with Crippen LogP contribution in [0.1, 0.15) is 28.8 Å². The van der Waals surface area contributed by atoms with Crippen LogP contribution in [-0.4, -0.2) is 26.2 Å².